The third-order valence-corrected chi connectivity index (χ3v) is 5.77. The van der Waals surface area contributed by atoms with Gasteiger partial charge >= 0.3 is 0 Å². The van der Waals surface area contributed by atoms with Crippen LogP contribution in [0.2, 0.25) is 0 Å². The second-order valence-electron chi connectivity index (χ2n) is 8.14. The summed E-state index contributed by atoms with van der Waals surface area (Å²) >= 11 is 0. The molecule has 5 nitrogen and oxygen atoms in total. The molecule has 0 spiro atoms. The van der Waals surface area contributed by atoms with E-state index in [1.54, 1.807) is 6.08 Å². The molecule has 0 aromatic heterocycles. The van der Waals surface area contributed by atoms with Gasteiger partial charge in [0.05, 0.1) is 18.3 Å². The quantitative estimate of drug-likeness (QED) is 0.312. The van der Waals surface area contributed by atoms with Gasteiger partial charge in [-0.1, -0.05) is 54.6 Å². The molecule has 0 aliphatic heterocycles. The molecule has 2 rings (SSSR count). The van der Waals surface area contributed by atoms with Crippen molar-refractivity contribution in [2.24, 2.45) is 11.8 Å². The van der Waals surface area contributed by atoms with Crippen molar-refractivity contribution in [3.8, 4) is 0 Å². The number of carbonyl (C=O) groups excluding carboxylic acids is 1. The molecule has 1 saturated carbocycles. The van der Waals surface area contributed by atoms with Gasteiger partial charge in [0.1, 0.15) is 0 Å². The molecule has 1 fully saturated rings. The first-order valence-corrected chi connectivity index (χ1v) is 11.2. The number of benzene rings is 1. The normalized spacial score (nSPS) is 25.2. The molecule has 4 N–H and O–H groups in total. The topological polar surface area (TPSA) is 89.8 Å². The monoisotopic (exact) mass is 415 g/mol. The molecule has 0 heterocycles. The Labute approximate surface area is 180 Å². The molecule has 5 atom stereocenters. The molecule has 0 saturated heterocycles. The van der Waals surface area contributed by atoms with Gasteiger partial charge < -0.3 is 20.6 Å². The van der Waals surface area contributed by atoms with E-state index in [2.05, 4.69) is 5.32 Å². The van der Waals surface area contributed by atoms with Crippen molar-refractivity contribution in [2.75, 3.05) is 6.54 Å². The van der Waals surface area contributed by atoms with Gasteiger partial charge in [-0.25, -0.2) is 0 Å². The molecule has 1 aliphatic rings. The highest BCUT2D eigenvalue weighted by Crippen LogP contribution is 2.36. The van der Waals surface area contributed by atoms with Gasteiger partial charge in [0, 0.05) is 25.3 Å². The molecule has 1 unspecified atom stereocenters. The summed E-state index contributed by atoms with van der Waals surface area (Å²) in [5, 5.41) is 33.8. The van der Waals surface area contributed by atoms with Crippen LogP contribution in [0.3, 0.4) is 0 Å². The van der Waals surface area contributed by atoms with Crippen molar-refractivity contribution in [3.63, 3.8) is 0 Å². The highest BCUT2D eigenvalue weighted by molar-refractivity contribution is 5.75. The van der Waals surface area contributed by atoms with E-state index in [0.717, 1.165) is 19.3 Å². The number of hydrogen-bond donors (Lipinski definition) is 4. The number of nitrogens with one attached hydrogen (secondary N) is 1. The second-order valence-corrected chi connectivity index (χ2v) is 8.14. The Morgan fingerprint density at radius 2 is 1.97 bits per heavy atom. The van der Waals surface area contributed by atoms with E-state index in [4.69, 9.17) is 0 Å². The Bertz CT molecular complexity index is 673. The third-order valence-electron chi connectivity index (χ3n) is 5.77. The summed E-state index contributed by atoms with van der Waals surface area (Å²) in [6.45, 7) is 2.57. The van der Waals surface area contributed by atoms with E-state index in [9.17, 15) is 20.1 Å². The highest BCUT2D eigenvalue weighted by atomic mass is 16.3. The summed E-state index contributed by atoms with van der Waals surface area (Å²) in [5.41, 5.74) is 1.19. The van der Waals surface area contributed by atoms with Gasteiger partial charge in [-0.05, 0) is 50.5 Å². The first-order chi connectivity index (χ1) is 14.5. The zero-order chi connectivity index (χ0) is 21.8. The Hall–Kier alpha value is -1.95. The molecule has 5 heteroatoms. The summed E-state index contributed by atoms with van der Waals surface area (Å²) < 4.78 is 0. The van der Waals surface area contributed by atoms with Gasteiger partial charge in [-0.15, -0.1) is 0 Å². The van der Waals surface area contributed by atoms with Crippen molar-refractivity contribution < 1.29 is 20.1 Å². The minimum absolute atomic E-state index is 0.0581. The number of aliphatic hydroxyl groups excluding tert-OH is 3. The lowest BCUT2D eigenvalue weighted by Gasteiger charge is -2.19. The number of carbonyl (C=O) groups is 1. The summed E-state index contributed by atoms with van der Waals surface area (Å²) in [5.74, 6) is -0.139. The number of allylic oxidation sites excluding steroid dienone is 2. The second kappa shape index (κ2) is 13.4. The lowest BCUT2D eigenvalue weighted by Crippen LogP contribution is -2.21. The third kappa shape index (κ3) is 8.42. The van der Waals surface area contributed by atoms with Crippen LogP contribution in [0, 0.1) is 11.8 Å². The van der Waals surface area contributed by atoms with Gasteiger partial charge in [0.15, 0.2) is 0 Å². The molecule has 0 radical (unpaired) electrons. The van der Waals surface area contributed by atoms with Gasteiger partial charge in [0.25, 0.3) is 0 Å². The van der Waals surface area contributed by atoms with E-state index < -0.39 is 18.3 Å². The first kappa shape index (κ1) is 24.3. The van der Waals surface area contributed by atoms with Crippen molar-refractivity contribution in [2.45, 2.75) is 70.2 Å². The van der Waals surface area contributed by atoms with Crippen LogP contribution in [0.4, 0.5) is 0 Å². The maximum Gasteiger partial charge on any atom is 0.219 e. The summed E-state index contributed by atoms with van der Waals surface area (Å²) in [6.07, 6.45) is 10.6. The van der Waals surface area contributed by atoms with Gasteiger partial charge in [-0.3, -0.25) is 4.79 Å². The molecule has 1 amide bonds. The van der Waals surface area contributed by atoms with Crippen LogP contribution in [0.1, 0.15) is 51.0 Å². The molecule has 1 aromatic carbocycles. The maximum atomic E-state index is 11.4. The Morgan fingerprint density at radius 3 is 2.70 bits per heavy atom. The van der Waals surface area contributed by atoms with Crippen molar-refractivity contribution >= 4 is 5.91 Å². The fourth-order valence-electron chi connectivity index (χ4n) is 4.06. The van der Waals surface area contributed by atoms with E-state index in [1.807, 2.05) is 55.5 Å². The highest BCUT2D eigenvalue weighted by Gasteiger charge is 2.39. The lowest BCUT2D eigenvalue weighted by atomic mass is 9.89. The average molecular weight is 416 g/mol. The van der Waals surface area contributed by atoms with E-state index >= 15 is 0 Å². The average Bonchev–Trinajstić information content (AvgIpc) is 3.00. The maximum absolute atomic E-state index is 11.4. The summed E-state index contributed by atoms with van der Waals surface area (Å²) in [4.78, 5) is 11.4. The Balaban J connectivity index is 1.78. The minimum atomic E-state index is -0.589. The number of rotatable bonds is 12. The van der Waals surface area contributed by atoms with Crippen LogP contribution in [0.15, 0.2) is 54.6 Å². The van der Waals surface area contributed by atoms with Crippen LogP contribution in [-0.2, 0) is 11.2 Å². The van der Waals surface area contributed by atoms with Crippen molar-refractivity contribution in [3.05, 3.63) is 60.2 Å². The summed E-state index contributed by atoms with van der Waals surface area (Å²) in [6, 6.07) is 10.1. The largest absolute Gasteiger partial charge is 0.393 e. The summed E-state index contributed by atoms with van der Waals surface area (Å²) in [7, 11) is 0. The lowest BCUT2D eigenvalue weighted by molar-refractivity contribution is -0.121. The molecule has 1 aromatic rings. The van der Waals surface area contributed by atoms with Crippen LogP contribution in [0.25, 0.3) is 0 Å². The Kier molecular flexibility index (Phi) is 10.8. The van der Waals surface area contributed by atoms with E-state index in [0.29, 0.717) is 32.2 Å². The first-order valence-electron chi connectivity index (χ1n) is 11.2. The number of aryl methyl sites for hydroxylation is 1. The number of aliphatic hydroxyl groups is 3. The molecule has 1 aliphatic carbocycles. The van der Waals surface area contributed by atoms with Crippen LogP contribution >= 0.6 is 0 Å². The SMILES string of the molecule is CCNC(=O)CCCC=CCC1[C@@H](C=C[C@@H](O)CCc2ccccc2)[C@H](O)C[C@@H]1O. The van der Waals surface area contributed by atoms with Crippen LogP contribution in [0.5, 0.6) is 0 Å². The minimum Gasteiger partial charge on any atom is -0.393 e. The van der Waals surface area contributed by atoms with Crippen LogP contribution in [-0.4, -0.2) is 46.1 Å². The van der Waals surface area contributed by atoms with E-state index in [-0.39, 0.29) is 17.7 Å². The Morgan fingerprint density at radius 1 is 1.20 bits per heavy atom. The number of unbranched alkanes of at least 4 members (excludes halogenated alkanes) is 1. The van der Waals surface area contributed by atoms with Crippen molar-refractivity contribution in [1.82, 2.24) is 5.32 Å². The molecular formula is C25H37NO4. The number of hydrogen-bond acceptors (Lipinski definition) is 4. The van der Waals surface area contributed by atoms with Gasteiger partial charge in [0.2, 0.25) is 5.91 Å². The fraction of sp³-hybridized carbons (Fsp3) is 0.560. The van der Waals surface area contributed by atoms with E-state index in [1.165, 1.54) is 5.56 Å². The molecule has 166 valence electrons. The fourth-order valence-corrected chi connectivity index (χ4v) is 4.06. The van der Waals surface area contributed by atoms with Gasteiger partial charge in [-0.2, -0.15) is 0 Å². The zero-order valence-corrected chi connectivity index (χ0v) is 18.0. The molecular weight excluding hydrogens is 378 g/mol. The zero-order valence-electron chi connectivity index (χ0n) is 18.0. The van der Waals surface area contributed by atoms with Crippen molar-refractivity contribution in [1.29, 1.82) is 0 Å². The van der Waals surface area contributed by atoms with Crippen LogP contribution < -0.4 is 5.32 Å². The molecule has 30 heavy (non-hydrogen) atoms. The number of amides is 1. The predicted octanol–water partition coefficient (Wildman–Crippen LogP) is 3.15. The smallest absolute Gasteiger partial charge is 0.219 e. The predicted molar refractivity (Wildman–Crippen MR) is 120 cm³/mol. The molecule has 0 bridgehead atoms. The standard InChI is InChI=1S/C25H37NO4/c1-2-26-25(30)13-9-4-3-8-12-21-22(24(29)18-23(21)28)17-16-20(27)15-14-19-10-6-5-7-11-19/h3,5-8,10-11,16-17,20-24,27-29H,2,4,9,12-15,18H2,1H3,(H,26,30)/t20-,21?,22+,23-,24+/m0/s1.